The largest absolute Gasteiger partial charge is 0.496 e. The van der Waals surface area contributed by atoms with Crippen LogP contribution in [0.3, 0.4) is 0 Å². The van der Waals surface area contributed by atoms with Crippen LogP contribution in [0.25, 0.3) is 0 Å². The predicted octanol–water partition coefficient (Wildman–Crippen LogP) is 1.53. The second-order valence-electron chi connectivity index (χ2n) is 4.73. The van der Waals surface area contributed by atoms with Gasteiger partial charge in [-0.1, -0.05) is 18.2 Å². The minimum Gasteiger partial charge on any atom is -0.496 e. The lowest BCUT2D eigenvalue weighted by Crippen LogP contribution is -2.32. The number of ether oxygens (including phenoxy) is 1. The Balaban J connectivity index is 2.06. The van der Waals surface area contributed by atoms with E-state index in [4.69, 9.17) is 4.74 Å². The summed E-state index contributed by atoms with van der Waals surface area (Å²) in [5.74, 6) is 1.37. The van der Waals surface area contributed by atoms with Gasteiger partial charge in [0.2, 0.25) is 0 Å². The maximum absolute atomic E-state index is 11.4. The molecule has 4 nitrogen and oxygen atoms in total. The first-order valence-corrected chi connectivity index (χ1v) is 7.93. The molecule has 2 rings (SSSR count). The summed E-state index contributed by atoms with van der Waals surface area (Å²) in [5.41, 5.74) is 1.06. The number of hydrogen-bond donors (Lipinski definition) is 1. The zero-order valence-corrected chi connectivity index (χ0v) is 11.5. The Morgan fingerprint density at radius 1 is 1.39 bits per heavy atom. The number of nitrogens with one attached hydrogen (secondary N) is 1. The Morgan fingerprint density at radius 2 is 2.11 bits per heavy atom. The van der Waals surface area contributed by atoms with E-state index >= 15 is 0 Å². The van der Waals surface area contributed by atoms with Crippen LogP contribution in [-0.2, 0) is 9.84 Å². The molecule has 100 valence electrons. The molecule has 0 radical (unpaired) electrons. The van der Waals surface area contributed by atoms with Gasteiger partial charge in [-0.2, -0.15) is 0 Å². The van der Waals surface area contributed by atoms with Gasteiger partial charge in [0.05, 0.1) is 18.6 Å². The first-order valence-electron chi connectivity index (χ1n) is 6.11. The van der Waals surface area contributed by atoms with E-state index in [1.165, 1.54) is 0 Å². The van der Waals surface area contributed by atoms with Gasteiger partial charge in [0.15, 0.2) is 9.84 Å². The molecule has 1 aromatic carbocycles. The molecular formula is C13H19NO3S. The molecule has 0 aromatic heterocycles. The van der Waals surface area contributed by atoms with E-state index in [-0.39, 0.29) is 17.8 Å². The molecule has 1 unspecified atom stereocenters. The minimum atomic E-state index is -2.83. The molecule has 0 saturated carbocycles. The smallest absolute Gasteiger partial charge is 0.151 e. The van der Waals surface area contributed by atoms with Crippen LogP contribution in [-0.4, -0.2) is 33.1 Å². The number of benzene rings is 1. The Bertz CT molecular complexity index is 513. The van der Waals surface area contributed by atoms with E-state index < -0.39 is 9.84 Å². The first kappa shape index (κ1) is 13.4. The Kier molecular flexibility index (Phi) is 3.92. The maximum atomic E-state index is 11.4. The van der Waals surface area contributed by atoms with E-state index in [9.17, 15) is 8.42 Å². The molecule has 0 amide bonds. The van der Waals surface area contributed by atoms with Crippen molar-refractivity contribution in [1.29, 1.82) is 0 Å². The quantitative estimate of drug-likeness (QED) is 0.900. The highest BCUT2D eigenvalue weighted by Crippen LogP contribution is 2.25. The average molecular weight is 269 g/mol. The predicted molar refractivity (Wildman–Crippen MR) is 71.6 cm³/mol. The lowest BCUT2D eigenvalue weighted by molar-refractivity contribution is 0.396. The van der Waals surface area contributed by atoms with E-state index in [0.29, 0.717) is 12.2 Å². The van der Waals surface area contributed by atoms with E-state index in [0.717, 1.165) is 11.3 Å². The zero-order chi connectivity index (χ0) is 13.2. The van der Waals surface area contributed by atoms with Crippen molar-refractivity contribution in [2.75, 3.05) is 18.6 Å². The van der Waals surface area contributed by atoms with Crippen molar-refractivity contribution in [2.45, 2.75) is 25.4 Å². The summed E-state index contributed by atoms with van der Waals surface area (Å²) in [6.45, 7) is 2.03. The molecule has 1 fully saturated rings. The van der Waals surface area contributed by atoms with Crippen LogP contribution in [0.5, 0.6) is 5.75 Å². The lowest BCUT2D eigenvalue weighted by Gasteiger charge is -2.20. The summed E-state index contributed by atoms with van der Waals surface area (Å²) in [6, 6.07) is 7.93. The average Bonchev–Trinajstić information content (AvgIpc) is 2.68. The fourth-order valence-corrected chi connectivity index (χ4v) is 4.08. The molecule has 5 heteroatoms. The van der Waals surface area contributed by atoms with Crippen molar-refractivity contribution in [1.82, 2.24) is 5.32 Å². The fraction of sp³-hybridized carbons (Fsp3) is 0.538. The van der Waals surface area contributed by atoms with E-state index in [1.54, 1.807) is 7.11 Å². The Morgan fingerprint density at radius 3 is 2.72 bits per heavy atom. The Hall–Kier alpha value is -1.07. The van der Waals surface area contributed by atoms with Crippen molar-refractivity contribution in [2.24, 2.45) is 0 Å². The number of hydrogen-bond acceptors (Lipinski definition) is 4. The second-order valence-corrected chi connectivity index (χ2v) is 6.96. The molecule has 2 atom stereocenters. The molecule has 0 spiro atoms. The molecule has 0 bridgehead atoms. The second kappa shape index (κ2) is 5.28. The number of para-hydroxylation sites is 1. The number of methoxy groups -OCH3 is 1. The summed E-state index contributed by atoms with van der Waals surface area (Å²) in [7, 11) is -1.19. The summed E-state index contributed by atoms with van der Waals surface area (Å²) in [5, 5.41) is 3.37. The molecule has 1 aliphatic rings. The minimum absolute atomic E-state index is 0.0508. The van der Waals surface area contributed by atoms with Crippen LogP contribution in [0.15, 0.2) is 24.3 Å². The zero-order valence-electron chi connectivity index (χ0n) is 10.7. The van der Waals surface area contributed by atoms with Crippen LogP contribution in [0.1, 0.15) is 24.9 Å². The molecule has 18 heavy (non-hydrogen) atoms. The Labute approximate surface area is 108 Å². The monoisotopic (exact) mass is 269 g/mol. The number of sulfone groups is 1. The molecule has 1 saturated heterocycles. The van der Waals surface area contributed by atoms with Crippen LogP contribution >= 0.6 is 0 Å². The SMILES string of the molecule is COc1ccccc1[C@H](C)NC1CCS(=O)(=O)C1. The van der Waals surface area contributed by atoms with Gasteiger partial charge in [-0.15, -0.1) is 0 Å². The van der Waals surface area contributed by atoms with Gasteiger partial charge < -0.3 is 10.1 Å². The highest BCUT2D eigenvalue weighted by atomic mass is 32.2. The van der Waals surface area contributed by atoms with Crippen molar-refractivity contribution >= 4 is 9.84 Å². The van der Waals surface area contributed by atoms with Crippen LogP contribution in [0, 0.1) is 0 Å². The van der Waals surface area contributed by atoms with Crippen molar-refractivity contribution in [3.63, 3.8) is 0 Å². The lowest BCUT2D eigenvalue weighted by atomic mass is 10.1. The highest BCUT2D eigenvalue weighted by molar-refractivity contribution is 7.91. The molecule has 1 heterocycles. The van der Waals surface area contributed by atoms with Crippen molar-refractivity contribution < 1.29 is 13.2 Å². The standard InChI is InChI=1S/C13H19NO3S/c1-10(12-5-3-4-6-13(12)17-2)14-11-7-8-18(15,16)9-11/h3-6,10-11,14H,7-9H2,1-2H3/t10-,11?/m0/s1. The number of rotatable bonds is 4. The molecular weight excluding hydrogens is 250 g/mol. The van der Waals surface area contributed by atoms with Crippen molar-refractivity contribution in [3.05, 3.63) is 29.8 Å². The highest BCUT2D eigenvalue weighted by Gasteiger charge is 2.29. The van der Waals surface area contributed by atoms with Gasteiger partial charge in [-0.3, -0.25) is 0 Å². The van der Waals surface area contributed by atoms with Gasteiger partial charge >= 0.3 is 0 Å². The summed E-state index contributed by atoms with van der Waals surface area (Å²) >= 11 is 0. The van der Waals surface area contributed by atoms with E-state index in [1.807, 2.05) is 31.2 Å². The van der Waals surface area contributed by atoms with Gasteiger partial charge in [-0.05, 0) is 19.4 Å². The fourth-order valence-electron chi connectivity index (χ4n) is 2.39. The molecule has 1 aliphatic heterocycles. The third-order valence-corrected chi connectivity index (χ3v) is 5.09. The molecule has 1 aromatic rings. The molecule has 0 aliphatic carbocycles. The third-order valence-electron chi connectivity index (χ3n) is 3.32. The van der Waals surface area contributed by atoms with E-state index in [2.05, 4.69) is 5.32 Å². The first-order chi connectivity index (χ1) is 8.52. The van der Waals surface area contributed by atoms with Gasteiger partial charge in [0.1, 0.15) is 5.75 Å². The normalized spacial score (nSPS) is 23.8. The van der Waals surface area contributed by atoms with Crippen LogP contribution < -0.4 is 10.1 Å². The van der Waals surface area contributed by atoms with Crippen LogP contribution in [0.4, 0.5) is 0 Å². The third kappa shape index (κ3) is 3.03. The van der Waals surface area contributed by atoms with Gasteiger partial charge in [0, 0.05) is 17.6 Å². The summed E-state index contributed by atoms with van der Waals surface area (Å²) in [6.07, 6.45) is 0.696. The molecule has 1 N–H and O–H groups in total. The van der Waals surface area contributed by atoms with Crippen LogP contribution in [0.2, 0.25) is 0 Å². The van der Waals surface area contributed by atoms with Gasteiger partial charge in [0.25, 0.3) is 0 Å². The maximum Gasteiger partial charge on any atom is 0.151 e. The van der Waals surface area contributed by atoms with Gasteiger partial charge in [-0.25, -0.2) is 8.42 Å². The summed E-state index contributed by atoms with van der Waals surface area (Å²) < 4.78 is 28.1. The summed E-state index contributed by atoms with van der Waals surface area (Å²) in [4.78, 5) is 0. The topological polar surface area (TPSA) is 55.4 Å². The van der Waals surface area contributed by atoms with Crippen molar-refractivity contribution in [3.8, 4) is 5.75 Å².